The van der Waals surface area contributed by atoms with Gasteiger partial charge in [-0.2, -0.15) is 0 Å². The fourth-order valence-corrected chi connectivity index (χ4v) is 3.92. The first-order valence-electron chi connectivity index (χ1n) is 10.5. The molecule has 1 unspecified atom stereocenters. The highest BCUT2D eigenvalue weighted by Crippen LogP contribution is 2.43. The van der Waals surface area contributed by atoms with Gasteiger partial charge < -0.3 is 34.1 Å². The maximum Gasteiger partial charge on any atom is 0.295 e. The first kappa shape index (κ1) is 22.5. The number of methoxy groups -OCH3 is 1. The Morgan fingerprint density at radius 1 is 1.15 bits per heavy atom. The minimum Gasteiger partial charge on any atom is -0.507 e. The number of fused-ring (bicyclic) bond motifs is 1. The third-order valence-electron chi connectivity index (χ3n) is 5.49. The van der Waals surface area contributed by atoms with Crippen molar-refractivity contribution in [3.8, 4) is 23.0 Å². The highest BCUT2D eigenvalue weighted by molar-refractivity contribution is 6.46. The van der Waals surface area contributed by atoms with Crippen LogP contribution in [0.1, 0.15) is 31.0 Å². The molecule has 9 nitrogen and oxygen atoms in total. The van der Waals surface area contributed by atoms with E-state index in [0.29, 0.717) is 22.6 Å². The number of ketones is 1. The van der Waals surface area contributed by atoms with Crippen LogP contribution in [0.3, 0.4) is 0 Å². The summed E-state index contributed by atoms with van der Waals surface area (Å²) in [5.41, 5.74) is 0.658. The quantitative estimate of drug-likeness (QED) is 0.372. The number of benzene rings is 2. The maximum absolute atomic E-state index is 13.1. The number of aromatic hydroxyl groups is 1. The summed E-state index contributed by atoms with van der Waals surface area (Å²) >= 11 is 0. The fourth-order valence-electron chi connectivity index (χ4n) is 3.92. The van der Waals surface area contributed by atoms with Crippen molar-refractivity contribution in [1.82, 2.24) is 4.90 Å². The van der Waals surface area contributed by atoms with E-state index in [1.165, 1.54) is 24.1 Å². The van der Waals surface area contributed by atoms with Crippen LogP contribution in [0.15, 0.2) is 42.0 Å². The molecule has 33 heavy (non-hydrogen) atoms. The summed E-state index contributed by atoms with van der Waals surface area (Å²) in [6, 6.07) is 8.42. The second kappa shape index (κ2) is 9.03. The standard InChI is InChI=1S/C24H25NO8/c1-13(2)31-9-8-25-21(14-4-6-17(30-3)16(26)10-14)20(23(28)24(25)29)22(27)15-5-7-18-19(11-15)33-12-32-18/h4-7,10-11,13,21,26-27H,8-9,12H2,1-3H3/b22-20-. The van der Waals surface area contributed by atoms with Gasteiger partial charge in [0.05, 0.1) is 31.4 Å². The van der Waals surface area contributed by atoms with Crippen molar-refractivity contribution in [2.75, 3.05) is 27.1 Å². The van der Waals surface area contributed by atoms with Crippen LogP contribution in [0, 0.1) is 0 Å². The summed E-state index contributed by atoms with van der Waals surface area (Å²) in [6.07, 6.45) is -0.0565. The summed E-state index contributed by atoms with van der Waals surface area (Å²) in [7, 11) is 1.42. The van der Waals surface area contributed by atoms with Gasteiger partial charge in [-0.15, -0.1) is 0 Å². The number of nitrogens with zero attached hydrogens (tertiary/aromatic N) is 1. The van der Waals surface area contributed by atoms with E-state index in [-0.39, 0.29) is 48.9 Å². The smallest absolute Gasteiger partial charge is 0.295 e. The number of ether oxygens (including phenoxy) is 4. The van der Waals surface area contributed by atoms with Crippen molar-refractivity contribution in [1.29, 1.82) is 0 Å². The number of carbonyl (C=O) groups excluding carboxylic acids is 2. The number of aliphatic hydroxyl groups is 1. The number of rotatable bonds is 7. The predicted octanol–water partition coefficient (Wildman–Crippen LogP) is 2.98. The minimum absolute atomic E-state index is 0.0565. The largest absolute Gasteiger partial charge is 0.507 e. The second-order valence-corrected chi connectivity index (χ2v) is 7.91. The summed E-state index contributed by atoms with van der Waals surface area (Å²) in [5.74, 6) is -0.886. The highest BCUT2D eigenvalue weighted by Gasteiger charge is 2.46. The Kier molecular flexibility index (Phi) is 6.15. The van der Waals surface area contributed by atoms with Gasteiger partial charge >= 0.3 is 0 Å². The average molecular weight is 455 g/mol. The van der Waals surface area contributed by atoms with Gasteiger partial charge in [0.1, 0.15) is 5.76 Å². The molecule has 2 aliphatic heterocycles. The molecule has 2 aliphatic rings. The van der Waals surface area contributed by atoms with Gasteiger partial charge in [0.2, 0.25) is 6.79 Å². The topological polar surface area (TPSA) is 115 Å². The van der Waals surface area contributed by atoms with E-state index >= 15 is 0 Å². The number of phenolic OH excluding ortho intramolecular Hbond substituents is 1. The van der Waals surface area contributed by atoms with Crippen molar-refractivity contribution in [2.45, 2.75) is 26.0 Å². The van der Waals surface area contributed by atoms with Crippen molar-refractivity contribution in [2.24, 2.45) is 0 Å². The van der Waals surface area contributed by atoms with Crippen LogP contribution < -0.4 is 14.2 Å². The molecule has 0 radical (unpaired) electrons. The summed E-state index contributed by atoms with van der Waals surface area (Å²) in [6.45, 7) is 4.12. The molecule has 1 atom stereocenters. The molecule has 9 heteroatoms. The zero-order valence-corrected chi connectivity index (χ0v) is 18.5. The van der Waals surface area contributed by atoms with Crippen molar-refractivity contribution < 1.29 is 38.7 Å². The Morgan fingerprint density at radius 2 is 1.91 bits per heavy atom. The molecule has 0 aliphatic carbocycles. The van der Waals surface area contributed by atoms with Crippen molar-refractivity contribution >= 4 is 17.4 Å². The number of hydrogen-bond donors (Lipinski definition) is 2. The first-order valence-corrected chi connectivity index (χ1v) is 10.5. The Bertz CT molecular complexity index is 1120. The number of hydrogen-bond acceptors (Lipinski definition) is 8. The van der Waals surface area contributed by atoms with Crippen LogP contribution in [0.25, 0.3) is 5.76 Å². The van der Waals surface area contributed by atoms with E-state index in [1.807, 2.05) is 13.8 Å². The van der Waals surface area contributed by atoms with Gasteiger partial charge in [-0.3, -0.25) is 9.59 Å². The predicted molar refractivity (Wildman–Crippen MR) is 117 cm³/mol. The van der Waals surface area contributed by atoms with E-state index in [9.17, 15) is 19.8 Å². The molecular formula is C24H25NO8. The molecule has 0 spiro atoms. The van der Waals surface area contributed by atoms with Crippen LogP contribution in [-0.2, 0) is 14.3 Å². The third-order valence-corrected chi connectivity index (χ3v) is 5.49. The number of carbonyl (C=O) groups is 2. The molecular weight excluding hydrogens is 430 g/mol. The number of likely N-dealkylation sites (tertiary alicyclic amines) is 1. The molecule has 2 aromatic carbocycles. The number of phenols is 1. The first-order chi connectivity index (χ1) is 15.8. The molecule has 2 N–H and O–H groups in total. The lowest BCUT2D eigenvalue weighted by atomic mass is 9.95. The van der Waals surface area contributed by atoms with Crippen LogP contribution in [-0.4, -0.2) is 60.0 Å². The van der Waals surface area contributed by atoms with Crippen LogP contribution in [0.4, 0.5) is 0 Å². The zero-order chi connectivity index (χ0) is 23.7. The Labute approximate surface area is 190 Å². The Hall–Kier alpha value is -3.72. The van der Waals surface area contributed by atoms with Gasteiger partial charge in [-0.25, -0.2) is 0 Å². The van der Waals surface area contributed by atoms with Crippen molar-refractivity contribution in [3.63, 3.8) is 0 Å². The molecule has 174 valence electrons. The third kappa shape index (κ3) is 4.19. The lowest BCUT2D eigenvalue weighted by Gasteiger charge is -2.26. The van der Waals surface area contributed by atoms with Gasteiger partial charge in [0, 0.05) is 12.1 Å². The Balaban J connectivity index is 1.80. The zero-order valence-electron chi connectivity index (χ0n) is 18.5. The Morgan fingerprint density at radius 3 is 2.61 bits per heavy atom. The lowest BCUT2D eigenvalue weighted by Crippen LogP contribution is -2.33. The molecule has 0 saturated carbocycles. The molecule has 2 aromatic rings. The van der Waals surface area contributed by atoms with Crippen LogP contribution in [0.2, 0.25) is 0 Å². The molecule has 4 rings (SSSR count). The van der Waals surface area contributed by atoms with Crippen molar-refractivity contribution in [3.05, 3.63) is 53.1 Å². The monoisotopic (exact) mass is 455 g/mol. The van der Waals surface area contributed by atoms with Gasteiger partial charge in [0.25, 0.3) is 11.7 Å². The molecule has 0 bridgehead atoms. The molecule has 1 amide bonds. The highest BCUT2D eigenvalue weighted by atomic mass is 16.7. The summed E-state index contributed by atoms with van der Waals surface area (Å²) < 4.78 is 21.4. The number of aliphatic hydroxyl groups excluding tert-OH is 1. The maximum atomic E-state index is 13.1. The van der Waals surface area contributed by atoms with E-state index in [1.54, 1.807) is 24.3 Å². The van der Waals surface area contributed by atoms with E-state index < -0.39 is 17.7 Å². The lowest BCUT2D eigenvalue weighted by molar-refractivity contribution is -0.140. The molecule has 1 saturated heterocycles. The van der Waals surface area contributed by atoms with Crippen LogP contribution >= 0.6 is 0 Å². The SMILES string of the molecule is COc1ccc(C2/C(=C(/O)c3ccc4c(c3)OCO4)C(=O)C(=O)N2CCOC(C)C)cc1O. The van der Waals surface area contributed by atoms with Gasteiger partial charge in [-0.1, -0.05) is 6.07 Å². The summed E-state index contributed by atoms with van der Waals surface area (Å²) in [5, 5.41) is 21.5. The average Bonchev–Trinajstić information content (AvgIpc) is 3.36. The number of amides is 1. The number of Topliss-reactive ketones (excluding diaryl/α,β-unsaturated/α-hetero) is 1. The molecule has 2 heterocycles. The van der Waals surface area contributed by atoms with Gasteiger partial charge in [-0.05, 0) is 49.7 Å². The normalized spacial score (nSPS) is 18.9. The van der Waals surface area contributed by atoms with Crippen LogP contribution in [0.5, 0.6) is 23.0 Å². The van der Waals surface area contributed by atoms with E-state index in [2.05, 4.69) is 0 Å². The second-order valence-electron chi connectivity index (χ2n) is 7.91. The van der Waals surface area contributed by atoms with Gasteiger partial charge in [0.15, 0.2) is 23.0 Å². The van der Waals surface area contributed by atoms with E-state index in [4.69, 9.17) is 18.9 Å². The minimum atomic E-state index is -0.928. The fraction of sp³-hybridized carbons (Fsp3) is 0.333. The molecule has 0 aromatic heterocycles. The van der Waals surface area contributed by atoms with E-state index in [0.717, 1.165) is 0 Å². The summed E-state index contributed by atoms with van der Waals surface area (Å²) in [4.78, 5) is 27.3. The molecule has 1 fully saturated rings.